The molecule has 6 rings (SSSR count). The Kier molecular flexibility index (Phi) is 4.07. The summed E-state index contributed by atoms with van der Waals surface area (Å²) in [6, 6.07) is 10.8. The quantitative estimate of drug-likeness (QED) is 0.526. The summed E-state index contributed by atoms with van der Waals surface area (Å²) in [5.41, 5.74) is 2.16. The van der Waals surface area contributed by atoms with E-state index in [0.29, 0.717) is 12.0 Å². The number of hydrogen-bond donors (Lipinski definition) is 0. The lowest BCUT2D eigenvalue weighted by Crippen LogP contribution is -2.38. The second-order valence-electron chi connectivity index (χ2n) is 7.94. The van der Waals surface area contributed by atoms with E-state index in [-0.39, 0.29) is 0 Å². The molecule has 0 atom stereocenters. The molecule has 1 fully saturated rings. The first-order valence-electron chi connectivity index (χ1n) is 10.5. The third-order valence-corrected chi connectivity index (χ3v) is 6.10. The van der Waals surface area contributed by atoms with Crippen LogP contribution in [-0.2, 0) is 13.0 Å². The van der Waals surface area contributed by atoms with Gasteiger partial charge < -0.3 is 4.90 Å². The van der Waals surface area contributed by atoms with E-state index in [2.05, 4.69) is 37.2 Å². The van der Waals surface area contributed by atoms with Crippen molar-refractivity contribution >= 4 is 5.82 Å². The lowest BCUT2D eigenvalue weighted by Gasteiger charge is -2.34. The van der Waals surface area contributed by atoms with E-state index in [0.717, 1.165) is 36.1 Å². The van der Waals surface area contributed by atoms with Crippen LogP contribution in [0.15, 0.2) is 55.2 Å². The Morgan fingerprint density at radius 2 is 1.87 bits per heavy atom. The molecular formula is C22H22N8. The molecule has 150 valence electrons. The molecule has 0 radical (unpaired) electrons. The third kappa shape index (κ3) is 2.87. The first-order valence-corrected chi connectivity index (χ1v) is 10.5. The van der Waals surface area contributed by atoms with Gasteiger partial charge in [-0.15, -0.1) is 10.2 Å². The summed E-state index contributed by atoms with van der Waals surface area (Å²) in [4.78, 5) is 16.7. The van der Waals surface area contributed by atoms with Crippen molar-refractivity contribution in [2.24, 2.45) is 0 Å². The molecule has 3 aromatic heterocycles. The molecule has 30 heavy (non-hydrogen) atoms. The molecule has 0 unspecified atom stereocenters. The maximum Gasteiger partial charge on any atom is 0.237 e. The van der Waals surface area contributed by atoms with Crippen LogP contribution in [0.4, 0.5) is 5.82 Å². The molecule has 4 heterocycles. The highest BCUT2D eigenvalue weighted by atomic mass is 15.4. The van der Waals surface area contributed by atoms with E-state index in [1.807, 2.05) is 45.9 Å². The minimum absolute atomic E-state index is 0.489. The maximum atomic E-state index is 5.02. The number of imidazole rings is 1. The lowest BCUT2D eigenvalue weighted by molar-refractivity contribution is 0.566. The van der Waals surface area contributed by atoms with E-state index in [9.17, 15) is 0 Å². The van der Waals surface area contributed by atoms with Crippen molar-refractivity contribution in [3.8, 4) is 11.6 Å². The van der Waals surface area contributed by atoms with Crippen LogP contribution in [0.2, 0.25) is 0 Å². The second kappa shape index (κ2) is 7.05. The second-order valence-corrected chi connectivity index (χ2v) is 7.94. The zero-order valence-corrected chi connectivity index (χ0v) is 16.6. The highest BCUT2D eigenvalue weighted by Crippen LogP contribution is 2.35. The summed E-state index contributed by atoms with van der Waals surface area (Å²) in [6.45, 7) is 0.731. The number of nitrogens with zero attached hydrogens (tertiary/aromatic N) is 8. The fourth-order valence-corrected chi connectivity index (χ4v) is 4.59. The van der Waals surface area contributed by atoms with Crippen molar-refractivity contribution in [2.45, 2.75) is 44.7 Å². The highest BCUT2D eigenvalue weighted by molar-refractivity contribution is 5.61. The number of hydrogen-bond acceptors (Lipinski definition) is 6. The fourth-order valence-electron chi connectivity index (χ4n) is 4.59. The Balaban J connectivity index is 1.42. The van der Waals surface area contributed by atoms with Gasteiger partial charge in [-0.05, 0) is 18.4 Å². The van der Waals surface area contributed by atoms with E-state index in [1.54, 1.807) is 6.33 Å². The van der Waals surface area contributed by atoms with Gasteiger partial charge in [0.2, 0.25) is 5.95 Å². The molecule has 8 nitrogen and oxygen atoms in total. The van der Waals surface area contributed by atoms with Gasteiger partial charge in [0.1, 0.15) is 17.8 Å². The fraction of sp³-hybridized carbons (Fsp3) is 0.318. The molecule has 8 heteroatoms. The predicted octanol–water partition coefficient (Wildman–Crippen LogP) is 3.10. The average Bonchev–Trinajstić information content (AvgIpc) is 3.55. The Hall–Kier alpha value is -3.55. The molecule has 0 amide bonds. The molecule has 1 aromatic carbocycles. The van der Waals surface area contributed by atoms with E-state index in [1.165, 1.54) is 31.2 Å². The van der Waals surface area contributed by atoms with Crippen LogP contribution in [0.1, 0.15) is 42.9 Å². The summed E-state index contributed by atoms with van der Waals surface area (Å²) in [5.74, 6) is 3.47. The summed E-state index contributed by atoms with van der Waals surface area (Å²) in [7, 11) is 0. The van der Waals surface area contributed by atoms with Crippen LogP contribution in [-0.4, -0.2) is 40.3 Å². The van der Waals surface area contributed by atoms with Crippen molar-refractivity contribution < 1.29 is 0 Å². The van der Waals surface area contributed by atoms with Crippen LogP contribution in [0.25, 0.3) is 11.6 Å². The van der Waals surface area contributed by atoms with E-state index >= 15 is 0 Å². The maximum absolute atomic E-state index is 5.02. The van der Waals surface area contributed by atoms with E-state index < -0.39 is 0 Å². The van der Waals surface area contributed by atoms with Gasteiger partial charge in [0, 0.05) is 24.9 Å². The molecule has 0 spiro atoms. The predicted molar refractivity (Wildman–Crippen MR) is 112 cm³/mol. The zero-order chi connectivity index (χ0) is 19.9. The first kappa shape index (κ1) is 17.3. The van der Waals surface area contributed by atoms with Crippen LogP contribution < -0.4 is 4.90 Å². The first-order chi connectivity index (χ1) is 14.9. The molecular weight excluding hydrogens is 376 g/mol. The molecule has 0 bridgehead atoms. The van der Waals surface area contributed by atoms with Gasteiger partial charge in [0.15, 0.2) is 11.6 Å². The molecule has 2 aliphatic rings. The smallest absolute Gasteiger partial charge is 0.237 e. The lowest BCUT2D eigenvalue weighted by atomic mass is 10.1. The van der Waals surface area contributed by atoms with Gasteiger partial charge in [-0.3, -0.25) is 9.13 Å². The Morgan fingerprint density at radius 1 is 1.00 bits per heavy atom. The van der Waals surface area contributed by atoms with Crippen LogP contribution in [0, 0.1) is 0 Å². The monoisotopic (exact) mass is 398 g/mol. The van der Waals surface area contributed by atoms with Crippen molar-refractivity contribution in [3.63, 3.8) is 0 Å². The third-order valence-electron chi connectivity index (χ3n) is 6.10. The van der Waals surface area contributed by atoms with Gasteiger partial charge in [-0.2, -0.15) is 4.98 Å². The van der Waals surface area contributed by atoms with Crippen molar-refractivity contribution in [2.75, 3.05) is 4.90 Å². The normalized spacial score (nSPS) is 15.9. The highest BCUT2D eigenvalue weighted by Gasteiger charge is 2.32. The summed E-state index contributed by atoms with van der Waals surface area (Å²) in [5, 5.41) is 8.42. The number of anilines is 1. The molecule has 1 aliphatic carbocycles. The molecule has 4 aromatic rings. The SMILES string of the molecule is c1ccc(Cc2nccn2-c2ncc3c(n2)N(C2CCCC2)Cc2nncn2-3)cc1. The average molecular weight is 398 g/mol. The van der Waals surface area contributed by atoms with Crippen molar-refractivity contribution in [1.29, 1.82) is 0 Å². The summed E-state index contributed by atoms with van der Waals surface area (Å²) < 4.78 is 3.99. The van der Waals surface area contributed by atoms with Crippen LogP contribution in [0.3, 0.4) is 0 Å². The topological polar surface area (TPSA) is 77.6 Å². The van der Waals surface area contributed by atoms with Crippen LogP contribution in [0.5, 0.6) is 0 Å². The van der Waals surface area contributed by atoms with E-state index in [4.69, 9.17) is 4.98 Å². The Labute approximate surface area is 174 Å². The van der Waals surface area contributed by atoms with Gasteiger partial charge in [-0.25, -0.2) is 9.97 Å². The molecule has 0 saturated heterocycles. The number of benzene rings is 1. The Bertz CT molecular complexity index is 1170. The van der Waals surface area contributed by atoms with Gasteiger partial charge >= 0.3 is 0 Å². The van der Waals surface area contributed by atoms with Crippen LogP contribution >= 0.6 is 0 Å². The van der Waals surface area contributed by atoms with Gasteiger partial charge in [0.05, 0.1) is 12.7 Å². The summed E-state index contributed by atoms with van der Waals surface area (Å²) in [6.07, 6.45) is 13.0. The number of aromatic nitrogens is 7. The van der Waals surface area contributed by atoms with Crippen molar-refractivity contribution in [1.82, 2.24) is 34.3 Å². The Morgan fingerprint density at radius 3 is 2.73 bits per heavy atom. The standard InChI is InChI=1S/C22H22N8/c1-2-6-16(7-3-1)12-19-23-10-11-28(19)22-24-13-18-21(26-22)29(17-8-4-5-9-17)14-20-27-25-15-30(18)20/h1-3,6-7,10-11,13,15,17H,4-5,8-9,12,14H2. The zero-order valence-electron chi connectivity index (χ0n) is 16.6. The van der Waals surface area contributed by atoms with Gasteiger partial charge in [0.25, 0.3) is 0 Å². The molecule has 1 saturated carbocycles. The largest absolute Gasteiger partial charge is 0.344 e. The van der Waals surface area contributed by atoms with Crippen molar-refractivity contribution in [3.05, 3.63) is 72.5 Å². The molecule has 0 N–H and O–H groups in total. The minimum Gasteiger partial charge on any atom is -0.344 e. The number of rotatable bonds is 4. The molecule has 1 aliphatic heterocycles. The summed E-state index contributed by atoms with van der Waals surface area (Å²) >= 11 is 0. The van der Waals surface area contributed by atoms with Gasteiger partial charge in [-0.1, -0.05) is 43.2 Å². The minimum atomic E-state index is 0.489. The number of fused-ring (bicyclic) bond motifs is 3.